The molecule has 0 saturated carbocycles. The van der Waals surface area contributed by atoms with Gasteiger partial charge in [0.2, 0.25) is 0 Å². The van der Waals surface area contributed by atoms with Gasteiger partial charge in [0.15, 0.2) is 0 Å². The van der Waals surface area contributed by atoms with Gasteiger partial charge in [-0.15, -0.1) is 0 Å². The molecular formula is C9H7BrN2. The highest BCUT2D eigenvalue weighted by atomic mass is 79.9. The van der Waals surface area contributed by atoms with Gasteiger partial charge in [0, 0.05) is 6.20 Å². The number of hydrogen-bond acceptors (Lipinski definition) is 2. The Bertz CT molecular complexity index is 385. The third-order valence-electron chi connectivity index (χ3n) is 1.71. The number of halogens is 1. The van der Waals surface area contributed by atoms with Crippen LogP contribution in [0, 0.1) is 6.92 Å². The van der Waals surface area contributed by atoms with Crippen molar-refractivity contribution in [3.63, 3.8) is 0 Å². The molecule has 0 aliphatic carbocycles. The Hall–Kier alpha value is -0.960. The molecule has 0 saturated heterocycles. The molecule has 0 unspecified atom stereocenters. The highest BCUT2D eigenvalue weighted by Gasteiger charge is 1.99. The lowest BCUT2D eigenvalue weighted by molar-refractivity contribution is 1.25. The topological polar surface area (TPSA) is 25.8 Å². The van der Waals surface area contributed by atoms with Crippen LogP contribution in [0.4, 0.5) is 0 Å². The predicted molar refractivity (Wildman–Crippen MR) is 52.0 cm³/mol. The van der Waals surface area contributed by atoms with Crippen LogP contribution < -0.4 is 0 Å². The summed E-state index contributed by atoms with van der Waals surface area (Å²) < 4.78 is 0.892. The van der Waals surface area contributed by atoms with Gasteiger partial charge in [-0.2, -0.15) is 0 Å². The van der Waals surface area contributed by atoms with E-state index in [9.17, 15) is 0 Å². The molecule has 2 rings (SSSR count). The minimum atomic E-state index is 0.892. The van der Waals surface area contributed by atoms with E-state index < -0.39 is 0 Å². The quantitative estimate of drug-likeness (QED) is 0.641. The van der Waals surface area contributed by atoms with Crippen molar-refractivity contribution in [2.75, 3.05) is 0 Å². The molecule has 0 radical (unpaired) electrons. The number of aryl methyl sites for hydroxylation is 1. The summed E-state index contributed by atoms with van der Waals surface area (Å²) in [7, 11) is 0. The maximum atomic E-state index is 4.33. The molecular weight excluding hydrogens is 216 g/mol. The zero-order valence-corrected chi connectivity index (χ0v) is 8.17. The molecule has 0 amide bonds. The maximum absolute atomic E-state index is 4.33. The first-order valence-electron chi connectivity index (χ1n) is 3.65. The van der Waals surface area contributed by atoms with Gasteiger partial charge in [-0.25, -0.2) is 4.98 Å². The van der Waals surface area contributed by atoms with Crippen molar-refractivity contribution in [3.8, 4) is 0 Å². The summed E-state index contributed by atoms with van der Waals surface area (Å²) in [6.45, 7) is 2.01. The fraction of sp³-hybridized carbons (Fsp3) is 0.111. The summed E-state index contributed by atoms with van der Waals surface area (Å²) in [5.74, 6) is 0. The Morgan fingerprint density at radius 1 is 1.33 bits per heavy atom. The van der Waals surface area contributed by atoms with E-state index >= 15 is 0 Å². The van der Waals surface area contributed by atoms with Gasteiger partial charge in [-0.3, -0.25) is 4.98 Å². The standard InChI is InChI=1S/C9H7BrN2/c1-6-5-8-7(12-9(6)10)3-2-4-11-8/h2-5H,1H3. The number of nitrogens with zero attached hydrogens (tertiary/aromatic N) is 2. The van der Waals surface area contributed by atoms with Crippen LogP contribution in [0.3, 0.4) is 0 Å². The summed E-state index contributed by atoms with van der Waals surface area (Å²) in [5, 5.41) is 0. The Morgan fingerprint density at radius 3 is 3.00 bits per heavy atom. The summed E-state index contributed by atoms with van der Waals surface area (Å²) in [4.78, 5) is 8.53. The molecule has 2 heterocycles. The Balaban J connectivity index is 2.84. The molecule has 0 N–H and O–H groups in total. The lowest BCUT2D eigenvalue weighted by Gasteiger charge is -1.99. The highest BCUT2D eigenvalue weighted by Crippen LogP contribution is 2.17. The third kappa shape index (κ3) is 1.20. The number of rotatable bonds is 0. The first-order valence-corrected chi connectivity index (χ1v) is 4.44. The fourth-order valence-electron chi connectivity index (χ4n) is 1.07. The normalized spacial score (nSPS) is 10.5. The largest absolute Gasteiger partial charge is 0.255 e. The van der Waals surface area contributed by atoms with Crippen LogP contribution in [0.25, 0.3) is 11.0 Å². The Kier molecular flexibility index (Phi) is 1.81. The molecule has 0 atom stereocenters. The van der Waals surface area contributed by atoms with Crippen molar-refractivity contribution < 1.29 is 0 Å². The Labute approximate surface area is 78.8 Å². The van der Waals surface area contributed by atoms with Crippen molar-refractivity contribution in [1.82, 2.24) is 9.97 Å². The molecule has 0 aromatic carbocycles. The molecule has 2 aromatic heterocycles. The van der Waals surface area contributed by atoms with Crippen LogP contribution in [0.5, 0.6) is 0 Å². The monoisotopic (exact) mass is 222 g/mol. The zero-order chi connectivity index (χ0) is 8.55. The number of fused-ring (bicyclic) bond motifs is 1. The van der Waals surface area contributed by atoms with E-state index in [2.05, 4.69) is 25.9 Å². The SMILES string of the molecule is Cc1cc2ncccc2nc1Br. The van der Waals surface area contributed by atoms with E-state index in [0.717, 1.165) is 21.2 Å². The first kappa shape index (κ1) is 7.68. The molecule has 12 heavy (non-hydrogen) atoms. The fourth-order valence-corrected chi connectivity index (χ4v) is 1.38. The summed E-state index contributed by atoms with van der Waals surface area (Å²) >= 11 is 3.38. The van der Waals surface area contributed by atoms with Gasteiger partial charge in [0.25, 0.3) is 0 Å². The Morgan fingerprint density at radius 2 is 2.17 bits per heavy atom. The van der Waals surface area contributed by atoms with Crippen molar-refractivity contribution in [2.24, 2.45) is 0 Å². The average molecular weight is 223 g/mol. The first-order chi connectivity index (χ1) is 5.77. The number of hydrogen-bond donors (Lipinski definition) is 0. The van der Waals surface area contributed by atoms with Crippen molar-refractivity contribution >= 4 is 27.0 Å². The van der Waals surface area contributed by atoms with E-state index in [1.54, 1.807) is 6.20 Å². The van der Waals surface area contributed by atoms with Crippen LogP contribution >= 0.6 is 15.9 Å². The minimum absolute atomic E-state index is 0.892. The van der Waals surface area contributed by atoms with Gasteiger partial charge in [0.05, 0.1) is 11.0 Å². The number of aromatic nitrogens is 2. The lowest BCUT2D eigenvalue weighted by Crippen LogP contribution is -1.85. The van der Waals surface area contributed by atoms with Crippen molar-refractivity contribution in [2.45, 2.75) is 6.92 Å². The van der Waals surface area contributed by atoms with Gasteiger partial charge in [0.1, 0.15) is 4.60 Å². The van der Waals surface area contributed by atoms with E-state index in [1.807, 2.05) is 25.1 Å². The van der Waals surface area contributed by atoms with Gasteiger partial charge in [-0.05, 0) is 46.6 Å². The zero-order valence-electron chi connectivity index (χ0n) is 6.58. The van der Waals surface area contributed by atoms with E-state index in [0.29, 0.717) is 0 Å². The van der Waals surface area contributed by atoms with Crippen molar-refractivity contribution in [1.29, 1.82) is 0 Å². The molecule has 0 spiro atoms. The molecule has 0 bridgehead atoms. The molecule has 3 heteroatoms. The van der Waals surface area contributed by atoms with Crippen LogP contribution in [-0.4, -0.2) is 9.97 Å². The summed E-state index contributed by atoms with van der Waals surface area (Å²) in [5.41, 5.74) is 2.98. The molecule has 0 fully saturated rings. The second-order valence-electron chi connectivity index (χ2n) is 2.64. The van der Waals surface area contributed by atoms with Crippen molar-refractivity contribution in [3.05, 3.63) is 34.6 Å². The van der Waals surface area contributed by atoms with Crippen LogP contribution in [0.2, 0.25) is 0 Å². The molecule has 60 valence electrons. The molecule has 2 nitrogen and oxygen atoms in total. The smallest absolute Gasteiger partial charge is 0.109 e. The van der Waals surface area contributed by atoms with Gasteiger partial charge < -0.3 is 0 Å². The molecule has 2 aromatic rings. The average Bonchev–Trinajstić information content (AvgIpc) is 2.07. The molecule has 0 aliphatic heterocycles. The van der Waals surface area contributed by atoms with Gasteiger partial charge in [-0.1, -0.05) is 0 Å². The van der Waals surface area contributed by atoms with E-state index in [4.69, 9.17) is 0 Å². The van der Waals surface area contributed by atoms with Crippen LogP contribution in [0.15, 0.2) is 29.0 Å². The minimum Gasteiger partial charge on any atom is -0.255 e. The second kappa shape index (κ2) is 2.83. The predicted octanol–water partition coefficient (Wildman–Crippen LogP) is 2.70. The van der Waals surface area contributed by atoms with E-state index in [1.165, 1.54) is 0 Å². The van der Waals surface area contributed by atoms with Crippen LogP contribution in [0.1, 0.15) is 5.56 Å². The van der Waals surface area contributed by atoms with E-state index in [-0.39, 0.29) is 0 Å². The number of pyridine rings is 2. The molecule has 0 aliphatic rings. The lowest BCUT2D eigenvalue weighted by atomic mass is 10.2. The highest BCUT2D eigenvalue weighted by molar-refractivity contribution is 9.10. The second-order valence-corrected chi connectivity index (χ2v) is 3.39. The summed E-state index contributed by atoms with van der Waals surface area (Å²) in [6, 6.07) is 5.86. The van der Waals surface area contributed by atoms with Gasteiger partial charge >= 0.3 is 0 Å². The summed E-state index contributed by atoms with van der Waals surface area (Å²) in [6.07, 6.45) is 1.78. The third-order valence-corrected chi connectivity index (χ3v) is 2.52. The maximum Gasteiger partial charge on any atom is 0.109 e. The van der Waals surface area contributed by atoms with Crippen LogP contribution in [-0.2, 0) is 0 Å².